The minimum Gasteiger partial charge on any atom is -0.394 e. The van der Waals surface area contributed by atoms with Gasteiger partial charge in [0.05, 0.1) is 31.3 Å². The van der Waals surface area contributed by atoms with E-state index < -0.39 is 18.2 Å². The topological polar surface area (TPSA) is 89.8 Å². The number of rotatable bonds is 33. The maximum absolute atomic E-state index is 12.4. The Balaban J connectivity index is 3.81. The average molecular weight is 644 g/mol. The highest BCUT2D eigenvalue weighted by Crippen LogP contribution is 2.13. The summed E-state index contributed by atoms with van der Waals surface area (Å²) in [5.74, 6) is -0.338. The number of amides is 1. The number of aliphatic hydroxyl groups excluding tert-OH is 3. The monoisotopic (exact) mass is 644 g/mol. The van der Waals surface area contributed by atoms with Crippen molar-refractivity contribution in [1.82, 2.24) is 5.32 Å². The smallest absolute Gasteiger partial charge is 0.222 e. The lowest BCUT2D eigenvalue weighted by Gasteiger charge is -2.21. The molecule has 1 amide bonds. The largest absolute Gasteiger partial charge is 0.394 e. The molecular weight excluding hydrogens is 570 g/mol. The number of allylic oxidation sites excluding steroid dienone is 9. The molecule has 0 saturated heterocycles. The predicted molar refractivity (Wildman–Crippen MR) is 199 cm³/mol. The van der Waals surface area contributed by atoms with Gasteiger partial charge in [0.15, 0.2) is 0 Å². The zero-order valence-corrected chi connectivity index (χ0v) is 29.9. The highest BCUT2D eigenvalue weighted by molar-refractivity contribution is 5.76. The van der Waals surface area contributed by atoms with Crippen molar-refractivity contribution in [1.29, 1.82) is 0 Å². The summed E-state index contributed by atoms with van der Waals surface area (Å²) in [6, 6.07) is -0.770. The summed E-state index contributed by atoms with van der Waals surface area (Å²) in [7, 11) is 0. The third-order valence-corrected chi connectivity index (χ3v) is 8.28. The van der Waals surface area contributed by atoms with E-state index in [2.05, 4.69) is 67.8 Å². The first-order valence-electron chi connectivity index (χ1n) is 19.1. The Kier molecular flexibility index (Phi) is 34.4. The third-order valence-electron chi connectivity index (χ3n) is 8.28. The molecule has 0 rings (SSSR count). The van der Waals surface area contributed by atoms with E-state index in [9.17, 15) is 20.1 Å². The van der Waals surface area contributed by atoms with Crippen LogP contribution in [-0.2, 0) is 4.79 Å². The van der Waals surface area contributed by atoms with Crippen LogP contribution in [0.15, 0.2) is 60.8 Å². The fourth-order valence-corrected chi connectivity index (χ4v) is 5.30. The molecule has 0 aliphatic carbocycles. The number of carbonyl (C=O) groups excluding carboxylic acids is 1. The van der Waals surface area contributed by atoms with Crippen molar-refractivity contribution in [2.24, 2.45) is 0 Å². The summed E-state index contributed by atoms with van der Waals surface area (Å²) >= 11 is 0. The van der Waals surface area contributed by atoms with Crippen molar-refractivity contribution >= 4 is 5.91 Å². The Labute approximate surface area is 284 Å². The first kappa shape index (κ1) is 44.0. The molecule has 4 N–H and O–H groups in total. The summed E-state index contributed by atoms with van der Waals surface area (Å²) in [4.78, 5) is 12.4. The SMILES string of the molecule is CCCCC/C=C\C=C/CCCCCCCCCCC(O)CC(=O)NC(CO)C(O)/C=C/CC/C=C/CC/C=C/CCCCCC. The first-order valence-corrected chi connectivity index (χ1v) is 19.1. The van der Waals surface area contributed by atoms with E-state index in [1.165, 1.54) is 96.3 Å². The van der Waals surface area contributed by atoms with Crippen LogP contribution in [-0.4, -0.2) is 46.1 Å². The van der Waals surface area contributed by atoms with E-state index >= 15 is 0 Å². The van der Waals surface area contributed by atoms with Gasteiger partial charge >= 0.3 is 0 Å². The van der Waals surface area contributed by atoms with Gasteiger partial charge in [0.1, 0.15) is 0 Å². The average Bonchev–Trinajstić information content (AvgIpc) is 3.05. The third kappa shape index (κ3) is 32.0. The number of nitrogens with one attached hydrogen (secondary N) is 1. The molecule has 266 valence electrons. The lowest BCUT2D eigenvalue weighted by atomic mass is 10.0. The number of carbonyl (C=O) groups is 1. The molecule has 5 heteroatoms. The number of hydrogen-bond donors (Lipinski definition) is 4. The van der Waals surface area contributed by atoms with E-state index in [1.807, 2.05) is 6.08 Å². The number of unbranched alkanes of at least 4 members (excludes halogenated alkanes) is 17. The van der Waals surface area contributed by atoms with Crippen LogP contribution in [0.5, 0.6) is 0 Å². The second-order valence-corrected chi connectivity index (χ2v) is 12.8. The molecule has 0 aromatic rings. The molecule has 0 radical (unpaired) electrons. The number of hydrogen-bond acceptors (Lipinski definition) is 4. The van der Waals surface area contributed by atoms with Gasteiger partial charge in [-0.1, -0.05) is 152 Å². The zero-order valence-electron chi connectivity index (χ0n) is 29.9. The van der Waals surface area contributed by atoms with Gasteiger partial charge in [-0.05, 0) is 70.6 Å². The van der Waals surface area contributed by atoms with Gasteiger partial charge < -0.3 is 20.6 Å². The fraction of sp³-hybridized carbons (Fsp3) is 0.732. The molecule has 0 spiro atoms. The van der Waals surface area contributed by atoms with Crippen molar-refractivity contribution < 1.29 is 20.1 Å². The molecule has 3 unspecified atom stereocenters. The molecular formula is C41H73NO4. The molecule has 46 heavy (non-hydrogen) atoms. The van der Waals surface area contributed by atoms with E-state index in [4.69, 9.17) is 0 Å². The Morgan fingerprint density at radius 3 is 1.57 bits per heavy atom. The summed E-state index contributed by atoms with van der Waals surface area (Å²) in [5, 5.41) is 33.0. The molecule has 0 bridgehead atoms. The van der Waals surface area contributed by atoms with Crippen molar-refractivity contribution in [3.8, 4) is 0 Å². The Hall–Kier alpha value is -1.95. The van der Waals surface area contributed by atoms with E-state index in [0.717, 1.165) is 44.9 Å². The van der Waals surface area contributed by atoms with Gasteiger partial charge in [0, 0.05) is 0 Å². The quantitative estimate of drug-likeness (QED) is 0.0325. The molecule has 0 aliphatic rings. The number of aliphatic hydroxyl groups is 3. The second-order valence-electron chi connectivity index (χ2n) is 12.8. The minimum absolute atomic E-state index is 0.00509. The summed E-state index contributed by atoms with van der Waals surface area (Å²) < 4.78 is 0. The second kappa shape index (κ2) is 35.9. The Morgan fingerprint density at radius 2 is 1.00 bits per heavy atom. The zero-order chi connectivity index (χ0) is 33.8. The van der Waals surface area contributed by atoms with E-state index in [0.29, 0.717) is 6.42 Å². The lowest BCUT2D eigenvalue weighted by Crippen LogP contribution is -2.45. The van der Waals surface area contributed by atoms with Crippen LogP contribution in [0.1, 0.15) is 168 Å². The van der Waals surface area contributed by atoms with Gasteiger partial charge in [0.2, 0.25) is 5.91 Å². The van der Waals surface area contributed by atoms with Gasteiger partial charge in [-0.3, -0.25) is 4.79 Å². The molecule has 0 aliphatic heterocycles. The molecule has 3 atom stereocenters. The standard InChI is InChI=1S/C41H73NO4/c1-3-5-7-9-11-13-15-17-19-20-21-22-24-26-28-30-32-34-38(44)36-41(46)42-39(37-43)40(45)35-33-31-29-27-25-23-18-16-14-12-10-8-6-4-2/h11,13-17,25,27,33,35,38-40,43-45H,3-10,12,18-24,26,28-32,34,36-37H2,1-2H3,(H,42,46)/b13-11-,16-14+,17-15-,27-25+,35-33+. The van der Waals surface area contributed by atoms with Crippen molar-refractivity contribution in [3.05, 3.63) is 60.8 Å². The van der Waals surface area contributed by atoms with E-state index in [-0.39, 0.29) is 18.9 Å². The van der Waals surface area contributed by atoms with Crippen LogP contribution in [0, 0.1) is 0 Å². The first-order chi connectivity index (χ1) is 22.5. The van der Waals surface area contributed by atoms with Crippen LogP contribution < -0.4 is 5.32 Å². The molecule has 0 fully saturated rings. The molecule has 0 aromatic carbocycles. The van der Waals surface area contributed by atoms with Crippen LogP contribution in [0.2, 0.25) is 0 Å². The normalized spacial score (nSPS) is 14.5. The lowest BCUT2D eigenvalue weighted by molar-refractivity contribution is -0.124. The van der Waals surface area contributed by atoms with Crippen molar-refractivity contribution in [3.63, 3.8) is 0 Å². The van der Waals surface area contributed by atoms with Gasteiger partial charge in [-0.15, -0.1) is 0 Å². The minimum atomic E-state index is -0.962. The molecule has 5 nitrogen and oxygen atoms in total. The summed E-state index contributed by atoms with van der Waals surface area (Å²) in [6.07, 6.45) is 46.2. The highest BCUT2D eigenvalue weighted by Gasteiger charge is 2.20. The molecule has 0 aromatic heterocycles. The van der Waals surface area contributed by atoms with Crippen LogP contribution in [0.25, 0.3) is 0 Å². The van der Waals surface area contributed by atoms with Crippen molar-refractivity contribution in [2.75, 3.05) is 6.61 Å². The maximum atomic E-state index is 12.4. The Bertz CT molecular complexity index is 800. The van der Waals surface area contributed by atoms with Gasteiger partial charge in [-0.2, -0.15) is 0 Å². The van der Waals surface area contributed by atoms with Gasteiger partial charge in [0.25, 0.3) is 0 Å². The fourth-order valence-electron chi connectivity index (χ4n) is 5.30. The van der Waals surface area contributed by atoms with Crippen molar-refractivity contribution in [2.45, 2.75) is 186 Å². The van der Waals surface area contributed by atoms with E-state index in [1.54, 1.807) is 6.08 Å². The summed E-state index contributed by atoms with van der Waals surface area (Å²) in [6.45, 7) is 4.12. The van der Waals surface area contributed by atoms with Crippen LogP contribution >= 0.6 is 0 Å². The molecule has 0 saturated carbocycles. The van der Waals surface area contributed by atoms with Crippen LogP contribution in [0.3, 0.4) is 0 Å². The Morgan fingerprint density at radius 1 is 0.565 bits per heavy atom. The predicted octanol–water partition coefficient (Wildman–Crippen LogP) is 10.4. The summed E-state index contributed by atoms with van der Waals surface area (Å²) in [5.41, 5.74) is 0. The van der Waals surface area contributed by atoms with Gasteiger partial charge in [-0.25, -0.2) is 0 Å². The molecule has 0 heterocycles. The van der Waals surface area contributed by atoms with Crippen LogP contribution in [0.4, 0.5) is 0 Å². The maximum Gasteiger partial charge on any atom is 0.222 e. The highest BCUT2D eigenvalue weighted by atomic mass is 16.3.